The molecule has 0 heterocycles. The first-order chi connectivity index (χ1) is 4.98. The van der Waals surface area contributed by atoms with Gasteiger partial charge in [-0.05, 0) is 27.7 Å². The standard InChI is InChI=1S/C6H14O2.C2H4O2/c1-5(2,7)6(3,4)8;1-2(3)4/h7-8H,1-4H3;1H3,(H,3,4). The van der Waals surface area contributed by atoms with Gasteiger partial charge in [-0.15, -0.1) is 0 Å². The van der Waals surface area contributed by atoms with E-state index in [1.165, 1.54) is 0 Å². The number of aliphatic carboxylic acids is 1. The van der Waals surface area contributed by atoms with Crippen LogP contribution in [0, 0.1) is 0 Å². The van der Waals surface area contributed by atoms with Crippen molar-refractivity contribution in [3.8, 4) is 0 Å². The molecule has 0 amide bonds. The second kappa shape index (κ2) is 4.42. The molecule has 74 valence electrons. The number of hydrogen-bond donors (Lipinski definition) is 3. The Morgan fingerprint density at radius 1 is 1.00 bits per heavy atom. The second-order valence-corrected chi connectivity index (χ2v) is 3.64. The Hall–Kier alpha value is -0.610. The summed E-state index contributed by atoms with van der Waals surface area (Å²) < 4.78 is 0. The van der Waals surface area contributed by atoms with E-state index < -0.39 is 17.2 Å². The molecule has 0 radical (unpaired) electrons. The molecule has 0 unspecified atom stereocenters. The van der Waals surface area contributed by atoms with Crippen molar-refractivity contribution in [3.63, 3.8) is 0 Å². The van der Waals surface area contributed by atoms with E-state index in [1.807, 2.05) is 0 Å². The Labute approximate surface area is 72.8 Å². The summed E-state index contributed by atoms with van der Waals surface area (Å²) in [4.78, 5) is 9.00. The Balaban J connectivity index is 0. The first-order valence-electron chi connectivity index (χ1n) is 3.62. The number of hydrogen-bond acceptors (Lipinski definition) is 3. The molecule has 0 saturated heterocycles. The third kappa shape index (κ3) is 9.39. The van der Waals surface area contributed by atoms with Gasteiger partial charge in [0, 0.05) is 6.92 Å². The summed E-state index contributed by atoms with van der Waals surface area (Å²) in [6.45, 7) is 7.39. The van der Waals surface area contributed by atoms with Crippen LogP contribution in [-0.2, 0) is 4.79 Å². The van der Waals surface area contributed by atoms with Crippen LogP contribution in [0.2, 0.25) is 0 Å². The maximum atomic E-state index is 9.10. The molecule has 0 aromatic carbocycles. The van der Waals surface area contributed by atoms with E-state index in [9.17, 15) is 0 Å². The van der Waals surface area contributed by atoms with Gasteiger partial charge < -0.3 is 15.3 Å². The average molecular weight is 178 g/mol. The monoisotopic (exact) mass is 178 g/mol. The Bertz CT molecular complexity index is 122. The van der Waals surface area contributed by atoms with Crippen LogP contribution in [-0.4, -0.2) is 32.5 Å². The molecule has 0 aliphatic rings. The van der Waals surface area contributed by atoms with Crippen molar-refractivity contribution in [2.75, 3.05) is 0 Å². The molecule has 0 aromatic heterocycles. The number of carbonyl (C=O) groups is 1. The highest BCUT2D eigenvalue weighted by Crippen LogP contribution is 2.19. The minimum Gasteiger partial charge on any atom is -0.481 e. The topological polar surface area (TPSA) is 77.8 Å². The molecule has 12 heavy (non-hydrogen) atoms. The minimum absolute atomic E-state index is 0.833. The van der Waals surface area contributed by atoms with Gasteiger partial charge in [-0.1, -0.05) is 0 Å². The molecular weight excluding hydrogens is 160 g/mol. The highest BCUT2D eigenvalue weighted by Gasteiger charge is 2.31. The zero-order chi connectivity index (χ0) is 10.6. The van der Waals surface area contributed by atoms with Gasteiger partial charge >= 0.3 is 0 Å². The number of carboxylic acids is 1. The Kier molecular flexibility index (Phi) is 5.14. The van der Waals surface area contributed by atoms with Crippen LogP contribution >= 0.6 is 0 Å². The summed E-state index contributed by atoms with van der Waals surface area (Å²) in [6.07, 6.45) is 0. The lowest BCUT2D eigenvalue weighted by molar-refractivity contribution is -0.134. The van der Waals surface area contributed by atoms with Gasteiger partial charge in [0.25, 0.3) is 5.97 Å². The van der Waals surface area contributed by atoms with Crippen LogP contribution in [0.4, 0.5) is 0 Å². The quantitative estimate of drug-likeness (QED) is 0.550. The molecule has 0 fully saturated rings. The smallest absolute Gasteiger partial charge is 0.300 e. The second-order valence-electron chi connectivity index (χ2n) is 3.64. The summed E-state index contributed by atoms with van der Waals surface area (Å²) in [6, 6.07) is 0. The highest BCUT2D eigenvalue weighted by atomic mass is 16.4. The van der Waals surface area contributed by atoms with Crippen molar-refractivity contribution in [1.29, 1.82) is 0 Å². The number of carboxylic acid groups (broad SMARTS) is 1. The van der Waals surface area contributed by atoms with Crippen LogP contribution < -0.4 is 0 Å². The summed E-state index contributed by atoms with van der Waals surface area (Å²) in [7, 11) is 0. The van der Waals surface area contributed by atoms with Crippen molar-refractivity contribution >= 4 is 5.97 Å². The van der Waals surface area contributed by atoms with E-state index in [1.54, 1.807) is 27.7 Å². The SMILES string of the molecule is CC(=O)O.CC(C)(O)C(C)(C)O. The third-order valence-corrected chi connectivity index (χ3v) is 1.50. The average Bonchev–Trinajstić information content (AvgIpc) is 1.55. The summed E-state index contributed by atoms with van der Waals surface area (Å²) in [5, 5.41) is 25.6. The lowest BCUT2D eigenvalue weighted by Crippen LogP contribution is -2.44. The van der Waals surface area contributed by atoms with Crippen molar-refractivity contribution in [3.05, 3.63) is 0 Å². The fourth-order valence-electron chi connectivity index (χ4n) is 0. The largest absolute Gasteiger partial charge is 0.481 e. The molecule has 0 atom stereocenters. The predicted octanol–water partition coefficient (Wildman–Crippen LogP) is 0.619. The Morgan fingerprint density at radius 3 is 1.08 bits per heavy atom. The van der Waals surface area contributed by atoms with Crippen molar-refractivity contribution < 1.29 is 20.1 Å². The van der Waals surface area contributed by atoms with Gasteiger partial charge in [0.1, 0.15) is 0 Å². The molecule has 0 rings (SSSR count). The Morgan fingerprint density at radius 2 is 1.08 bits per heavy atom. The first-order valence-corrected chi connectivity index (χ1v) is 3.62. The van der Waals surface area contributed by atoms with E-state index >= 15 is 0 Å². The van der Waals surface area contributed by atoms with Gasteiger partial charge in [-0.3, -0.25) is 4.79 Å². The lowest BCUT2D eigenvalue weighted by atomic mass is 9.90. The van der Waals surface area contributed by atoms with Gasteiger partial charge in [-0.25, -0.2) is 0 Å². The zero-order valence-corrected chi connectivity index (χ0v) is 8.25. The molecule has 0 saturated carbocycles. The highest BCUT2D eigenvalue weighted by molar-refractivity contribution is 5.62. The van der Waals surface area contributed by atoms with Gasteiger partial charge in [0.15, 0.2) is 0 Å². The van der Waals surface area contributed by atoms with E-state index in [0.29, 0.717) is 0 Å². The number of aliphatic hydroxyl groups is 2. The molecular formula is C8H18O4. The lowest BCUT2D eigenvalue weighted by Gasteiger charge is -2.31. The molecule has 3 N–H and O–H groups in total. The van der Waals surface area contributed by atoms with Gasteiger partial charge in [0.05, 0.1) is 11.2 Å². The predicted molar refractivity (Wildman–Crippen MR) is 45.9 cm³/mol. The van der Waals surface area contributed by atoms with Crippen LogP contribution in [0.1, 0.15) is 34.6 Å². The van der Waals surface area contributed by atoms with Crippen LogP contribution in [0.3, 0.4) is 0 Å². The van der Waals surface area contributed by atoms with Crippen molar-refractivity contribution in [2.45, 2.75) is 45.8 Å². The van der Waals surface area contributed by atoms with E-state index in [0.717, 1.165) is 6.92 Å². The van der Waals surface area contributed by atoms with E-state index in [4.69, 9.17) is 20.1 Å². The number of rotatable bonds is 1. The summed E-state index contributed by atoms with van der Waals surface area (Å²) in [5.74, 6) is -0.833. The van der Waals surface area contributed by atoms with Crippen molar-refractivity contribution in [1.82, 2.24) is 0 Å². The fraction of sp³-hybridized carbons (Fsp3) is 0.875. The zero-order valence-electron chi connectivity index (χ0n) is 8.25. The third-order valence-electron chi connectivity index (χ3n) is 1.50. The summed E-state index contributed by atoms with van der Waals surface area (Å²) in [5.41, 5.74) is -2.01. The molecule has 0 spiro atoms. The maximum Gasteiger partial charge on any atom is 0.300 e. The maximum absolute atomic E-state index is 9.10. The molecule has 0 aliphatic heterocycles. The minimum atomic E-state index is -1.01. The van der Waals surface area contributed by atoms with Crippen LogP contribution in [0.15, 0.2) is 0 Å². The van der Waals surface area contributed by atoms with Gasteiger partial charge in [0.2, 0.25) is 0 Å². The molecule has 0 aromatic rings. The fourth-order valence-corrected chi connectivity index (χ4v) is 0. The van der Waals surface area contributed by atoms with E-state index in [2.05, 4.69) is 0 Å². The van der Waals surface area contributed by atoms with Gasteiger partial charge in [-0.2, -0.15) is 0 Å². The van der Waals surface area contributed by atoms with E-state index in [-0.39, 0.29) is 0 Å². The van der Waals surface area contributed by atoms with Crippen LogP contribution in [0.5, 0.6) is 0 Å². The normalized spacial score (nSPS) is 11.6. The molecule has 4 heteroatoms. The first kappa shape index (κ1) is 13.9. The molecule has 0 bridgehead atoms. The molecule has 0 aliphatic carbocycles. The summed E-state index contributed by atoms with van der Waals surface area (Å²) >= 11 is 0. The molecule has 4 nitrogen and oxygen atoms in total. The van der Waals surface area contributed by atoms with Crippen LogP contribution in [0.25, 0.3) is 0 Å². The van der Waals surface area contributed by atoms with Crippen molar-refractivity contribution in [2.24, 2.45) is 0 Å².